The van der Waals surface area contributed by atoms with E-state index >= 15 is 0 Å². The number of para-hydroxylation sites is 1. The van der Waals surface area contributed by atoms with Gasteiger partial charge in [-0.3, -0.25) is 0 Å². The third-order valence-electron chi connectivity index (χ3n) is 13.2. The largest absolute Gasteiger partial charge is 0.456 e. The number of hydrogen-bond donors (Lipinski definition) is 0. The Morgan fingerprint density at radius 1 is 0.306 bits per heavy atom. The summed E-state index contributed by atoms with van der Waals surface area (Å²) >= 11 is 0. The van der Waals surface area contributed by atoms with Gasteiger partial charge in [-0.25, -0.2) is 9.97 Å². The van der Waals surface area contributed by atoms with Crippen LogP contribution in [0.4, 0.5) is 0 Å². The zero-order valence-corrected chi connectivity index (χ0v) is 33.6. The highest BCUT2D eigenvalue weighted by atomic mass is 16.3. The summed E-state index contributed by atoms with van der Waals surface area (Å²) in [7, 11) is 0. The summed E-state index contributed by atoms with van der Waals surface area (Å²) in [6.07, 6.45) is 0. The zero-order valence-electron chi connectivity index (χ0n) is 33.6. The van der Waals surface area contributed by atoms with Crippen molar-refractivity contribution < 1.29 is 4.42 Å². The van der Waals surface area contributed by atoms with E-state index in [4.69, 9.17) is 14.4 Å². The van der Waals surface area contributed by atoms with Crippen molar-refractivity contribution in [1.82, 2.24) is 9.97 Å². The molecule has 0 N–H and O–H groups in total. The van der Waals surface area contributed by atoms with Crippen LogP contribution in [0, 0.1) is 0 Å². The molecule has 0 amide bonds. The number of furan rings is 1. The fraction of sp³-hybridized carbons (Fsp3) is 0.0169. The van der Waals surface area contributed by atoms with E-state index in [1.807, 2.05) is 18.2 Å². The molecule has 0 radical (unpaired) electrons. The molecule has 288 valence electrons. The lowest BCUT2D eigenvalue weighted by Crippen LogP contribution is -2.29. The molecule has 0 atom stereocenters. The molecule has 0 aliphatic heterocycles. The minimum absolute atomic E-state index is 0.615. The Morgan fingerprint density at radius 3 is 1.47 bits per heavy atom. The predicted molar refractivity (Wildman–Crippen MR) is 253 cm³/mol. The fourth-order valence-corrected chi connectivity index (χ4v) is 10.6. The summed E-state index contributed by atoms with van der Waals surface area (Å²) in [5.41, 5.74) is 20.5. The molecule has 9 aromatic carbocycles. The standard InChI is InChI=1S/C59H36N2O/c1-2-17-37(18-3-1)39-19-4-7-25-46(39)53-36-54(47-27-16-32-56-57(47)48-26-11-15-31-55(48)62-56)61-58(60-53)38-33-34-45-44-24-10-14-30-51(44)59(52(45)35-38)49-28-12-8-22-42(49)40-20-5-6-21-41(40)43-23-9-13-29-50(43)59/h1-36H. The van der Waals surface area contributed by atoms with Crippen molar-refractivity contribution in [1.29, 1.82) is 0 Å². The molecule has 11 aromatic rings. The summed E-state index contributed by atoms with van der Waals surface area (Å²) in [5.74, 6) is 0.664. The van der Waals surface area contributed by atoms with Crippen LogP contribution in [0.15, 0.2) is 223 Å². The van der Waals surface area contributed by atoms with Crippen LogP contribution in [0.1, 0.15) is 22.3 Å². The Morgan fingerprint density at radius 2 is 0.790 bits per heavy atom. The minimum Gasteiger partial charge on any atom is -0.456 e. The molecule has 2 aromatic heterocycles. The first-order valence-corrected chi connectivity index (χ1v) is 21.2. The first-order valence-electron chi connectivity index (χ1n) is 21.2. The molecule has 0 saturated carbocycles. The number of nitrogens with zero attached hydrogens (tertiary/aromatic N) is 2. The van der Waals surface area contributed by atoms with Crippen LogP contribution in [0.5, 0.6) is 0 Å². The summed E-state index contributed by atoms with van der Waals surface area (Å²) in [4.78, 5) is 11.1. The topological polar surface area (TPSA) is 38.9 Å². The fourth-order valence-electron chi connectivity index (χ4n) is 10.6. The van der Waals surface area contributed by atoms with Crippen LogP contribution in [0.3, 0.4) is 0 Å². The highest BCUT2D eigenvalue weighted by Gasteiger charge is 2.49. The van der Waals surface area contributed by atoms with Crippen molar-refractivity contribution in [2.45, 2.75) is 5.41 Å². The molecule has 62 heavy (non-hydrogen) atoms. The van der Waals surface area contributed by atoms with Crippen molar-refractivity contribution in [3.05, 3.63) is 241 Å². The number of rotatable bonds is 4. The second kappa shape index (κ2) is 13.4. The van der Waals surface area contributed by atoms with Crippen LogP contribution in [-0.4, -0.2) is 9.97 Å². The maximum atomic E-state index is 6.41. The molecule has 0 unspecified atom stereocenters. The minimum atomic E-state index is -0.615. The lowest BCUT2D eigenvalue weighted by molar-refractivity contribution is 0.669. The summed E-state index contributed by atoms with van der Waals surface area (Å²) in [5, 5.41) is 2.11. The van der Waals surface area contributed by atoms with Gasteiger partial charge in [0.2, 0.25) is 0 Å². The molecular formula is C59H36N2O. The van der Waals surface area contributed by atoms with Crippen LogP contribution in [0.25, 0.3) is 100 Å². The summed E-state index contributed by atoms with van der Waals surface area (Å²) in [6.45, 7) is 0. The molecule has 2 aliphatic rings. The van der Waals surface area contributed by atoms with Gasteiger partial charge in [0.05, 0.1) is 16.8 Å². The predicted octanol–water partition coefficient (Wildman–Crippen LogP) is 15.1. The maximum Gasteiger partial charge on any atom is 0.160 e. The van der Waals surface area contributed by atoms with Gasteiger partial charge < -0.3 is 4.42 Å². The highest BCUT2D eigenvalue weighted by molar-refractivity contribution is 6.12. The smallest absolute Gasteiger partial charge is 0.160 e. The van der Waals surface area contributed by atoms with Crippen LogP contribution < -0.4 is 0 Å². The molecular weight excluding hydrogens is 753 g/mol. The van der Waals surface area contributed by atoms with Gasteiger partial charge in [-0.05, 0) is 91.0 Å². The molecule has 0 bridgehead atoms. The van der Waals surface area contributed by atoms with Crippen molar-refractivity contribution in [3.8, 4) is 78.4 Å². The zero-order chi connectivity index (χ0) is 40.8. The highest BCUT2D eigenvalue weighted by Crippen LogP contribution is 2.61. The Bertz CT molecular complexity index is 3530. The van der Waals surface area contributed by atoms with Gasteiger partial charge in [0.25, 0.3) is 0 Å². The van der Waals surface area contributed by atoms with Gasteiger partial charge in [0, 0.05) is 27.5 Å². The van der Waals surface area contributed by atoms with E-state index in [0.29, 0.717) is 5.82 Å². The van der Waals surface area contributed by atoms with Gasteiger partial charge in [0.1, 0.15) is 11.2 Å². The van der Waals surface area contributed by atoms with Crippen LogP contribution in [-0.2, 0) is 5.41 Å². The summed E-state index contributed by atoms with van der Waals surface area (Å²) in [6, 6.07) is 78.7. The van der Waals surface area contributed by atoms with Gasteiger partial charge in [0.15, 0.2) is 5.82 Å². The van der Waals surface area contributed by atoms with E-state index < -0.39 is 5.41 Å². The van der Waals surface area contributed by atoms with Crippen molar-refractivity contribution in [3.63, 3.8) is 0 Å². The SMILES string of the molecule is c1ccc(-c2ccccc2-c2cc(-c3cccc4oc5ccccc5c34)nc(-c3ccc4c(c3)C3(c5ccccc5-c5ccccc5-c5ccccc53)c3ccccc3-4)n2)cc1. The van der Waals surface area contributed by atoms with E-state index in [-0.39, 0.29) is 0 Å². The molecule has 0 fully saturated rings. The monoisotopic (exact) mass is 788 g/mol. The number of benzene rings is 9. The Labute approximate surface area is 359 Å². The van der Waals surface area contributed by atoms with E-state index in [1.165, 1.54) is 55.6 Å². The molecule has 1 spiro atoms. The van der Waals surface area contributed by atoms with Crippen molar-refractivity contribution >= 4 is 21.9 Å². The average molecular weight is 789 g/mol. The maximum absolute atomic E-state index is 6.41. The molecule has 13 rings (SSSR count). The Hall–Kier alpha value is -8.14. The Balaban J connectivity index is 1.11. The average Bonchev–Trinajstić information content (AvgIpc) is 3.84. The lowest BCUT2D eigenvalue weighted by atomic mass is 9.66. The first kappa shape index (κ1) is 34.7. The third kappa shape index (κ3) is 4.94. The number of hydrogen-bond acceptors (Lipinski definition) is 3. The second-order valence-electron chi connectivity index (χ2n) is 16.3. The molecule has 2 heterocycles. The third-order valence-corrected chi connectivity index (χ3v) is 13.2. The van der Waals surface area contributed by atoms with Crippen molar-refractivity contribution in [2.24, 2.45) is 0 Å². The number of fused-ring (bicyclic) bond motifs is 15. The summed E-state index contributed by atoms with van der Waals surface area (Å²) < 4.78 is 6.41. The lowest BCUT2D eigenvalue weighted by Gasteiger charge is -2.35. The van der Waals surface area contributed by atoms with Gasteiger partial charge in [-0.2, -0.15) is 0 Å². The Kier molecular flexibility index (Phi) is 7.52. The van der Waals surface area contributed by atoms with E-state index in [1.54, 1.807) is 0 Å². The van der Waals surface area contributed by atoms with Gasteiger partial charge in [-0.15, -0.1) is 0 Å². The van der Waals surface area contributed by atoms with E-state index in [9.17, 15) is 0 Å². The number of aromatic nitrogens is 2. The quantitative estimate of drug-likeness (QED) is 0.178. The van der Waals surface area contributed by atoms with Gasteiger partial charge in [-0.1, -0.05) is 194 Å². The van der Waals surface area contributed by atoms with Crippen LogP contribution >= 0.6 is 0 Å². The van der Waals surface area contributed by atoms with Crippen LogP contribution in [0.2, 0.25) is 0 Å². The van der Waals surface area contributed by atoms with Crippen molar-refractivity contribution in [2.75, 3.05) is 0 Å². The van der Waals surface area contributed by atoms with Gasteiger partial charge >= 0.3 is 0 Å². The molecule has 3 nitrogen and oxygen atoms in total. The normalized spacial score (nSPS) is 13.0. The van der Waals surface area contributed by atoms with E-state index in [2.05, 4.69) is 200 Å². The molecule has 3 heteroatoms. The first-order chi connectivity index (χ1) is 30.8. The van der Waals surface area contributed by atoms with E-state index in [0.717, 1.165) is 61.1 Å². The second-order valence-corrected chi connectivity index (χ2v) is 16.3. The molecule has 0 saturated heterocycles. The molecule has 2 aliphatic carbocycles.